The first-order chi connectivity index (χ1) is 7.47. The van der Waals surface area contributed by atoms with Crippen LogP contribution in [-0.2, 0) is 0 Å². The Morgan fingerprint density at radius 3 is 2.06 bits per heavy atom. The summed E-state index contributed by atoms with van der Waals surface area (Å²) < 4.78 is 0. The summed E-state index contributed by atoms with van der Waals surface area (Å²) in [5, 5.41) is 10.3. The number of rotatable bonds is 4. The lowest BCUT2D eigenvalue weighted by molar-refractivity contribution is 0.466. The molecule has 0 saturated carbocycles. The highest BCUT2D eigenvalue weighted by Crippen LogP contribution is 2.38. The van der Waals surface area contributed by atoms with Gasteiger partial charge in [-0.25, -0.2) is 0 Å². The number of aryl methyl sites for hydroxylation is 2. The molecule has 1 N–H and O–H groups in total. The van der Waals surface area contributed by atoms with E-state index in [1.165, 1.54) is 5.56 Å². The fourth-order valence-corrected chi connectivity index (χ4v) is 3.08. The van der Waals surface area contributed by atoms with Gasteiger partial charge >= 0.3 is 0 Å². The predicted molar refractivity (Wildman–Crippen MR) is 73.3 cm³/mol. The number of phenolic OH excluding ortho intramolecular Hbond substituents is 1. The van der Waals surface area contributed by atoms with Gasteiger partial charge in [-0.3, -0.25) is 0 Å². The molecule has 0 spiro atoms. The van der Waals surface area contributed by atoms with E-state index in [0.717, 1.165) is 16.9 Å². The largest absolute Gasteiger partial charge is 0.507 e. The van der Waals surface area contributed by atoms with Gasteiger partial charge in [0.1, 0.15) is 5.75 Å². The normalized spacial score (nSPS) is 13.1. The Morgan fingerprint density at radius 1 is 1.19 bits per heavy atom. The lowest BCUT2D eigenvalue weighted by Crippen LogP contribution is -2.04. The molecule has 0 radical (unpaired) electrons. The molecule has 16 heavy (non-hydrogen) atoms. The van der Waals surface area contributed by atoms with E-state index in [1.54, 1.807) is 0 Å². The quantitative estimate of drug-likeness (QED) is 0.835. The highest BCUT2D eigenvalue weighted by Gasteiger charge is 2.17. The summed E-state index contributed by atoms with van der Waals surface area (Å²) in [5.41, 5.74) is 3.31. The van der Waals surface area contributed by atoms with E-state index in [0.29, 0.717) is 16.9 Å². The molecule has 0 bridgehead atoms. The van der Waals surface area contributed by atoms with Gasteiger partial charge in [0.2, 0.25) is 0 Å². The highest BCUT2D eigenvalue weighted by molar-refractivity contribution is 7.99. The van der Waals surface area contributed by atoms with Crippen LogP contribution >= 0.6 is 11.8 Å². The van der Waals surface area contributed by atoms with Crippen LogP contribution in [-0.4, -0.2) is 10.9 Å². The molecule has 0 saturated heterocycles. The molecule has 1 aromatic carbocycles. The highest BCUT2D eigenvalue weighted by atomic mass is 32.2. The second kappa shape index (κ2) is 5.62. The van der Waals surface area contributed by atoms with Crippen molar-refractivity contribution in [2.75, 3.05) is 5.75 Å². The van der Waals surface area contributed by atoms with Crippen LogP contribution in [0.4, 0.5) is 0 Å². The molecule has 0 fully saturated rings. The van der Waals surface area contributed by atoms with Crippen molar-refractivity contribution in [3.63, 3.8) is 0 Å². The Morgan fingerprint density at radius 2 is 1.69 bits per heavy atom. The molecular weight excluding hydrogens is 216 g/mol. The van der Waals surface area contributed by atoms with Crippen molar-refractivity contribution in [2.24, 2.45) is 5.92 Å². The smallest absolute Gasteiger partial charge is 0.121 e. The maximum Gasteiger partial charge on any atom is 0.121 e. The number of hydrogen-bond donors (Lipinski definition) is 1. The number of benzene rings is 1. The number of thioether (sulfide) groups is 1. The third-order valence-corrected chi connectivity index (χ3v) is 4.30. The molecule has 90 valence electrons. The van der Waals surface area contributed by atoms with Crippen LogP contribution in [0.2, 0.25) is 0 Å². The van der Waals surface area contributed by atoms with Crippen molar-refractivity contribution < 1.29 is 5.11 Å². The lowest BCUT2D eigenvalue weighted by atomic mass is 9.98. The zero-order valence-electron chi connectivity index (χ0n) is 10.9. The number of phenols is 1. The Balaban J connectivity index is 3.10. The predicted octanol–water partition coefficient (Wildman–Crippen LogP) is 4.46. The van der Waals surface area contributed by atoms with E-state index in [-0.39, 0.29) is 0 Å². The van der Waals surface area contributed by atoms with E-state index >= 15 is 0 Å². The standard InChI is InChI=1S/C14H22OS/c1-6-16-14(9(2)3)12-7-10(4)13(15)11(5)8-12/h7-9,14-15H,6H2,1-5H3. The lowest BCUT2D eigenvalue weighted by Gasteiger charge is -2.21. The molecule has 1 rings (SSSR count). The average Bonchev–Trinajstić information content (AvgIpc) is 2.21. The number of hydrogen-bond acceptors (Lipinski definition) is 2. The van der Waals surface area contributed by atoms with Gasteiger partial charge in [0, 0.05) is 5.25 Å². The molecule has 0 aliphatic carbocycles. The van der Waals surface area contributed by atoms with Crippen LogP contribution in [0.5, 0.6) is 5.75 Å². The Labute approximate surface area is 103 Å². The summed E-state index contributed by atoms with van der Waals surface area (Å²) in [7, 11) is 0. The first kappa shape index (κ1) is 13.4. The molecule has 1 atom stereocenters. The van der Waals surface area contributed by atoms with Crippen molar-refractivity contribution in [2.45, 2.75) is 39.9 Å². The minimum absolute atomic E-state index is 0.438. The molecular formula is C14H22OS. The van der Waals surface area contributed by atoms with Crippen LogP contribution in [0.15, 0.2) is 12.1 Å². The van der Waals surface area contributed by atoms with Crippen molar-refractivity contribution in [3.05, 3.63) is 28.8 Å². The molecule has 1 unspecified atom stereocenters. The van der Waals surface area contributed by atoms with Crippen molar-refractivity contribution in [3.8, 4) is 5.75 Å². The minimum Gasteiger partial charge on any atom is -0.507 e. The molecule has 0 heterocycles. The molecule has 0 aliphatic rings. The summed E-state index contributed by atoms with van der Waals surface area (Å²) in [4.78, 5) is 0. The molecule has 0 aliphatic heterocycles. The molecule has 2 heteroatoms. The van der Waals surface area contributed by atoms with E-state index in [2.05, 4.69) is 32.9 Å². The van der Waals surface area contributed by atoms with Gasteiger partial charge in [-0.2, -0.15) is 11.8 Å². The van der Waals surface area contributed by atoms with Gasteiger partial charge in [0.25, 0.3) is 0 Å². The number of aromatic hydroxyl groups is 1. The minimum atomic E-state index is 0.438. The SMILES string of the molecule is CCSC(c1cc(C)c(O)c(C)c1)C(C)C. The van der Waals surface area contributed by atoms with Gasteiger partial charge in [0.05, 0.1) is 0 Å². The van der Waals surface area contributed by atoms with Gasteiger partial charge in [-0.15, -0.1) is 0 Å². The van der Waals surface area contributed by atoms with Crippen LogP contribution in [0, 0.1) is 19.8 Å². The third-order valence-electron chi connectivity index (χ3n) is 2.79. The molecule has 1 nitrogen and oxygen atoms in total. The first-order valence-corrected chi connectivity index (χ1v) is 6.94. The van der Waals surface area contributed by atoms with Gasteiger partial charge in [-0.05, 0) is 42.2 Å². The summed E-state index contributed by atoms with van der Waals surface area (Å²) in [6.07, 6.45) is 0. The fraction of sp³-hybridized carbons (Fsp3) is 0.571. The second-order valence-corrected chi connectivity index (χ2v) is 6.04. The maximum absolute atomic E-state index is 9.77. The fourth-order valence-electron chi connectivity index (χ4n) is 2.01. The maximum atomic E-state index is 9.77. The molecule has 0 aromatic heterocycles. The zero-order chi connectivity index (χ0) is 12.3. The van der Waals surface area contributed by atoms with E-state index in [4.69, 9.17) is 0 Å². The van der Waals surface area contributed by atoms with E-state index < -0.39 is 0 Å². The Hall–Kier alpha value is -0.630. The molecule has 0 amide bonds. The molecule has 1 aromatic rings. The third kappa shape index (κ3) is 2.94. The van der Waals surface area contributed by atoms with Gasteiger partial charge < -0.3 is 5.11 Å². The van der Waals surface area contributed by atoms with Crippen molar-refractivity contribution in [1.82, 2.24) is 0 Å². The average molecular weight is 238 g/mol. The van der Waals surface area contributed by atoms with Gasteiger partial charge in [0.15, 0.2) is 0 Å². The van der Waals surface area contributed by atoms with E-state index in [1.807, 2.05) is 25.6 Å². The summed E-state index contributed by atoms with van der Waals surface area (Å²) in [5.74, 6) is 2.18. The Kier molecular flexibility index (Phi) is 4.72. The summed E-state index contributed by atoms with van der Waals surface area (Å²) >= 11 is 1.98. The summed E-state index contributed by atoms with van der Waals surface area (Å²) in [6.45, 7) is 10.6. The van der Waals surface area contributed by atoms with Crippen molar-refractivity contribution >= 4 is 11.8 Å². The Bertz CT molecular complexity index is 335. The van der Waals surface area contributed by atoms with Gasteiger partial charge in [-0.1, -0.05) is 32.9 Å². The first-order valence-electron chi connectivity index (χ1n) is 5.89. The van der Waals surface area contributed by atoms with Crippen molar-refractivity contribution in [1.29, 1.82) is 0 Å². The zero-order valence-corrected chi connectivity index (χ0v) is 11.7. The topological polar surface area (TPSA) is 20.2 Å². The van der Waals surface area contributed by atoms with Crippen LogP contribution < -0.4 is 0 Å². The second-order valence-electron chi connectivity index (χ2n) is 4.62. The van der Waals surface area contributed by atoms with Crippen LogP contribution in [0.3, 0.4) is 0 Å². The summed E-state index contributed by atoms with van der Waals surface area (Å²) in [6, 6.07) is 4.24. The monoisotopic (exact) mass is 238 g/mol. The van der Waals surface area contributed by atoms with Crippen LogP contribution in [0.25, 0.3) is 0 Å². The van der Waals surface area contributed by atoms with E-state index in [9.17, 15) is 5.11 Å². The van der Waals surface area contributed by atoms with Crippen LogP contribution in [0.1, 0.15) is 42.7 Å².